The van der Waals surface area contributed by atoms with Gasteiger partial charge in [0.2, 0.25) is 4.47 Å². The third-order valence-electron chi connectivity index (χ3n) is 1.70. The van der Waals surface area contributed by atoms with Gasteiger partial charge in [-0.25, -0.2) is 0 Å². The van der Waals surface area contributed by atoms with Gasteiger partial charge in [-0.2, -0.15) is 0 Å². The molecule has 2 rings (SSSR count). The van der Waals surface area contributed by atoms with Gasteiger partial charge in [-0.15, -0.1) is 10.2 Å². The van der Waals surface area contributed by atoms with Crippen LogP contribution in [0.3, 0.4) is 0 Å². The van der Waals surface area contributed by atoms with Crippen molar-refractivity contribution in [2.45, 2.75) is 6.61 Å². The number of hydrogen-bond acceptors (Lipinski definition) is 4. The molecule has 7 heteroatoms. The number of para-hydroxylation sites is 1. The van der Waals surface area contributed by atoms with E-state index in [9.17, 15) is 0 Å². The van der Waals surface area contributed by atoms with E-state index in [4.69, 9.17) is 16.3 Å². The van der Waals surface area contributed by atoms with Crippen molar-refractivity contribution >= 4 is 54.8 Å². The minimum absolute atomic E-state index is 0.353. The first-order valence-electron chi connectivity index (χ1n) is 4.21. The van der Waals surface area contributed by atoms with Crippen LogP contribution in [0.1, 0.15) is 5.01 Å². The number of rotatable bonds is 3. The summed E-state index contributed by atoms with van der Waals surface area (Å²) in [6.07, 6.45) is 0. The fourth-order valence-corrected chi connectivity index (χ4v) is 3.05. The van der Waals surface area contributed by atoms with E-state index in [1.807, 2.05) is 18.2 Å². The van der Waals surface area contributed by atoms with Crippen molar-refractivity contribution in [1.29, 1.82) is 0 Å². The van der Waals surface area contributed by atoms with E-state index >= 15 is 0 Å². The van der Waals surface area contributed by atoms with Crippen LogP contribution in [0, 0.1) is 0 Å². The van der Waals surface area contributed by atoms with Crippen LogP contribution in [0.5, 0.6) is 5.75 Å². The second kappa shape index (κ2) is 5.44. The van der Waals surface area contributed by atoms with Gasteiger partial charge in [-0.05, 0) is 55.6 Å². The molecular formula is C9H5Br2ClN2OS. The van der Waals surface area contributed by atoms with Gasteiger partial charge >= 0.3 is 0 Å². The first-order chi connectivity index (χ1) is 7.66. The summed E-state index contributed by atoms with van der Waals surface area (Å²) in [5.41, 5.74) is 0. The Morgan fingerprint density at radius 3 is 2.50 bits per heavy atom. The van der Waals surface area contributed by atoms with Crippen molar-refractivity contribution in [3.05, 3.63) is 36.6 Å². The molecule has 1 heterocycles. The second-order valence-corrected chi connectivity index (χ2v) is 6.14. The van der Waals surface area contributed by atoms with Gasteiger partial charge in [-0.1, -0.05) is 17.4 Å². The maximum atomic E-state index is 5.68. The van der Waals surface area contributed by atoms with E-state index in [1.165, 1.54) is 11.3 Å². The molecule has 16 heavy (non-hydrogen) atoms. The SMILES string of the molecule is Clc1nnc(COc2c(Br)cccc2Br)s1. The molecule has 0 fully saturated rings. The monoisotopic (exact) mass is 382 g/mol. The van der Waals surface area contributed by atoms with Crippen LogP contribution < -0.4 is 4.74 Å². The van der Waals surface area contributed by atoms with Gasteiger partial charge in [0.15, 0.2) is 5.01 Å². The quantitative estimate of drug-likeness (QED) is 0.792. The van der Waals surface area contributed by atoms with E-state index in [2.05, 4.69) is 42.1 Å². The summed E-state index contributed by atoms with van der Waals surface area (Å²) in [7, 11) is 0. The zero-order valence-electron chi connectivity index (χ0n) is 7.78. The Hall–Kier alpha value is -0.170. The van der Waals surface area contributed by atoms with Crippen molar-refractivity contribution in [1.82, 2.24) is 10.2 Å². The highest BCUT2D eigenvalue weighted by molar-refractivity contribution is 9.11. The smallest absolute Gasteiger partial charge is 0.207 e. The molecule has 0 saturated heterocycles. The van der Waals surface area contributed by atoms with Crippen LogP contribution >= 0.6 is 54.8 Å². The summed E-state index contributed by atoms with van der Waals surface area (Å²) in [5, 5.41) is 8.32. The van der Waals surface area contributed by atoms with Crippen molar-refractivity contribution < 1.29 is 4.74 Å². The molecule has 0 aliphatic heterocycles. The van der Waals surface area contributed by atoms with Crippen molar-refractivity contribution in [2.24, 2.45) is 0 Å². The van der Waals surface area contributed by atoms with Crippen LogP contribution in [0.4, 0.5) is 0 Å². The Morgan fingerprint density at radius 1 is 1.25 bits per heavy atom. The van der Waals surface area contributed by atoms with Gasteiger partial charge in [0.05, 0.1) is 8.95 Å². The van der Waals surface area contributed by atoms with Crippen molar-refractivity contribution in [3.8, 4) is 5.75 Å². The average molecular weight is 384 g/mol. The van der Waals surface area contributed by atoms with Gasteiger partial charge < -0.3 is 4.74 Å². The molecule has 0 aliphatic carbocycles. The van der Waals surface area contributed by atoms with E-state index in [-0.39, 0.29) is 0 Å². The molecule has 0 atom stereocenters. The lowest BCUT2D eigenvalue weighted by atomic mass is 10.3. The molecule has 0 radical (unpaired) electrons. The minimum Gasteiger partial charge on any atom is -0.484 e. The number of hydrogen-bond donors (Lipinski definition) is 0. The summed E-state index contributed by atoms with van der Waals surface area (Å²) in [6, 6.07) is 5.74. The summed E-state index contributed by atoms with van der Waals surface area (Å²) in [5.74, 6) is 0.744. The highest BCUT2D eigenvalue weighted by Gasteiger charge is 2.08. The summed E-state index contributed by atoms with van der Waals surface area (Å²) >= 11 is 13.8. The van der Waals surface area contributed by atoms with E-state index in [1.54, 1.807) is 0 Å². The molecule has 84 valence electrons. The van der Waals surface area contributed by atoms with E-state index in [0.29, 0.717) is 11.1 Å². The van der Waals surface area contributed by atoms with Gasteiger partial charge in [0.1, 0.15) is 12.4 Å². The van der Waals surface area contributed by atoms with E-state index in [0.717, 1.165) is 19.7 Å². The molecule has 0 N–H and O–H groups in total. The molecule has 0 aliphatic rings. The maximum Gasteiger partial charge on any atom is 0.207 e. The normalized spacial score (nSPS) is 10.4. The first kappa shape index (κ1) is 12.3. The minimum atomic E-state index is 0.353. The molecule has 1 aromatic heterocycles. The topological polar surface area (TPSA) is 35.0 Å². The molecule has 0 saturated carbocycles. The fraction of sp³-hybridized carbons (Fsp3) is 0.111. The fourth-order valence-electron chi connectivity index (χ4n) is 1.05. The zero-order valence-corrected chi connectivity index (χ0v) is 12.5. The van der Waals surface area contributed by atoms with Crippen LogP contribution in [0.25, 0.3) is 0 Å². The lowest BCUT2D eigenvalue weighted by molar-refractivity contribution is 0.300. The van der Waals surface area contributed by atoms with Crippen LogP contribution in [-0.2, 0) is 6.61 Å². The number of ether oxygens (including phenoxy) is 1. The molecule has 1 aromatic carbocycles. The lowest BCUT2D eigenvalue weighted by Crippen LogP contribution is -1.96. The third kappa shape index (κ3) is 2.94. The van der Waals surface area contributed by atoms with Gasteiger partial charge in [-0.3, -0.25) is 0 Å². The number of halogens is 3. The Morgan fingerprint density at radius 2 is 1.94 bits per heavy atom. The van der Waals surface area contributed by atoms with Gasteiger partial charge in [0, 0.05) is 0 Å². The van der Waals surface area contributed by atoms with Crippen LogP contribution in [0.2, 0.25) is 4.47 Å². The summed E-state index contributed by atoms with van der Waals surface area (Å²) in [4.78, 5) is 0. The predicted molar refractivity (Wildman–Crippen MR) is 71.1 cm³/mol. The second-order valence-electron chi connectivity index (χ2n) is 2.79. The highest BCUT2D eigenvalue weighted by atomic mass is 79.9. The molecule has 3 nitrogen and oxygen atoms in total. The third-order valence-corrected chi connectivity index (χ3v) is 3.94. The number of aromatic nitrogens is 2. The molecule has 0 unspecified atom stereocenters. The van der Waals surface area contributed by atoms with Crippen molar-refractivity contribution in [2.75, 3.05) is 0 Å². The molecule has 2 aromatic rings. The first-order valence-corrected chi connectivity index (χ1v) is 6.99. The summed E-state index contributed by atoms with van der Waals surface area (Å²) in [6.45, 7) is 0.353. The predicted octanol–water partition coefficient (Wildman–Crippen LogP) is 4.30. The Labute approximate surface area is 118 Å². The van der Waals surface area contributed by atoms with Crippen LogP contribution in [0.15, 0.2) is 27.1 Å². The zero-order chi connectivity index (χ0) is 11.5. The number of nitrogens with zero attached hydrogens (tertiary/aromatic N) is 2. The lowest BCUT2D eigenvalue weighted by Gasteiger charge is -2.07. The number of benzene rings is 1. The Kier molecular flexibility index (Phi) is 4.18. The van der Waals surface area contributed by atoms with E-state index < -0.39 is 0 Å². The molecule has 0 amide bonds. The molecular weight excluding hydrogens is 379 g/mol. The Bertz CT molecular complexity index is 486. The largest absolute Gasteiger partial charge is 0.484 e. The van der Waals surface area contributed by atoms with Crippen molar-refractivity contribution in [3.63, 3.8) is 0 Å². The average Bonchev–Trinajstić information content (AvgIpc) is 2.63. The van der Waals surface area contributed by atoms with Gasteiger partial charge in [0.25, 0.3) is 0 Å². The highest BCUT2D eigenvalue weighted by Crippen LogP contribution is 2.33. The maximum absolute atomic E-state index is 5.68. The Balaban J connectivity index is 2.10. The summed E-state index contributed by atoms with van der Waals surface area (Å²) < 4.78 is 7.82. The molecule has 0 spiro atoms. The molecule has 0 bridgehead atoms. The van der Waals surface area contributed by atoms with Crippen LogP contribution in [-0.4, -0.2) is 10.2 Å². The standard InChI is InChI=1S/C9H5Br2ClN2OS/c10-5-2-1-3-6(11)8(5)15-4-7-13-14-9(12)16-7/h1-3H,4H2.